The first-order valence-electron chi connectivity index (χ1n) is 7.01. The third-order valence-corrected chi connectivity index (χ3v) is 4.15. The summed E-state index contributed by atoms with van der Waals surface area (Å²) in [7, 11) is 4.07. The van der Waals surface area contributed by atoms with Crippen molar-refractivity contribution < 1.29 is 4.79 Å². The summed E-state index contributed by atoms with van der Waals surface area (Å²) in [5.74, 6) is 0.940. The van der Waals surface area contributed by atoms with Crippen LogP contribution in [0.3, 0.4) is 0 Å². The molecule has 0 bridgehead atoms. The number of likely N-dealkylation sites (tertiary alicyclic amines) is 1. The molecule has 1 saturated heterocycles. The van der Waals surface area contributed by atoms with Crippen molar-refractivity contribution in [2.75, 3.05) is 40.3 Å². The molecule has 1 rings (SSSR count). The molecule has 1 aliphatic rings. The molecule has 0 aromatic heterocycles. The first-order chi connectivity index (χ1) is 8.36. The lowest BCUT2D eigenvalue weighted by Gasteiger charge is -2.32. The van der Waals surface area contributed by atoms with E-state index in [-0.39, 0.29) is 5.91 Å². The zero-order chi connectivity index (χ0) is 13.8. The second kappa shape index (κ2) is 6.53. The number of amides is 1. The van der Waals surface area contributed by atoms with Gasteiger partial charge in [-0.2, -0.15) is 0 Å². The molecular weight excluding hydrogens is 226 g/mol. The maximum absolute atomic E-state index is 12.2. The number of piperidine rings is 1. The van der Waals surface area contributed by atoms with Crippen LogP contribution in [0.4, 0.5) is 0 Å². The summed E-state index contributed by atoms with van der Waals surface area (Å²) in [5, 5.41) is 0. The van der Waals surface area contributed by atoms with Crippen LogP contribution in [0.5, 0.6) is 0 Å². The number of hydrogen-bond donors (Lipinski definition) is 1. The van der Waals surface area contributed by atoms with E-state index in [0.717, 1.165) is 18.9 Å². The van der Waals surface area contributed by atoms with Crippen LogP contribution in [0.1, 0.15) is 33.1 Å². The van der Waals surface area contributed by atoms with Crippen LogP contribution in [-0.2, 0) is 4.79 Å². The molecule has 0 aromatic carbocycles. The lowest BCUT2D eigenvalue weighted by Crippen LogP contribution is -2.43. The fourth-order valence-electron chi connectivity index (χ4n) is 2.43. The van der Waals surface area contributed by atoms with E-state index in [9.17, 15) is 4.79 Å². The second-order valence-electron chi connectivity index (χ2n) is 6.35. The van der Waals surface area contributed by atoms with E-state index in [4.69, 9.17) is 5.73 Å². The number of hydrogen-bond acceptors (Lipinski definition) is 3. The van der Waals surface area contributed by atoms with Crippen molar-refractivity contribution >= 4 is 5.91 Å². The van der Waals surface area contributed by atoms with E-state index in [2.05, 4.69) is 11.9 Å². The van der Waals surface area contributed by atoms with Gasteiger partial charge in [-0.3, -0.25) is 4.79 Å². The van der Waals surface area contributed by atoms with Gasteiger partial charge >= 0.3 is 0 Å². The van der Waals surface area contributed by atoms with Gasteiger partial charge in [-0.1, -0.05) is 0 Å². The van der Waals surface area contributed by atoms with Gasteiger partial charge in [-0.15, -0.1) is 0 Å². The van der Waals surface area contributed by atoms with Gasteiger partial charge in [0.05, 0.1) is 5.41 Å². The maximum Gasteiger partial charge on any atom is 0.229 e. The van der Waals surface area contributed by atoms with E-state index < -0.39 is 5.41 Å². The molecule has 2 N–H and O–H groups in total. The molecule has 106 valence electrons. The molecule has 4 heteroatoms. The smallest absolute Gasteiger partial charge is 0.229 e. The minimum atomic E-state index is -0.429. The number of carbonyl (C=O) groups excluding carboxylic acids is 1. The van der Waals surface area contributed by atoms with Crippen LogP contribution >= 0.6 is 0 Å². The van der Waals surface area contributed by atoms with Crippen molar-refractivity contribution in [2.24, 2.45) is 17.1 Å². The molecule has 0 aromatic rings. The van der Waals surface area contributed by atoms with Crippen molar-refractivity contribution in [1.82, 2.24) is 9.80 Å². The largest absolute Gasteiger partial charge is 0.345 e. The predicted octanol–water partition coefficient (Wildman–Crippen LogP) is 1.16. The first-order valence-corrected chi connectivity index (χ1v) is 7.01. The van der Waals surface area contributed by atoms with Crippen LogP contribution in [0.2, 0.25) is 0 Å². The van der Waals surface area contributed by atoms with Crippen LogP contribution < -0.4 is 5.73 Å². The van der Waals surface area contributed by atoms with Crippen LogP contribution in [0, 0.1) is 11.3 Å². The highest BCUT2D eigenvalue weighted by atomic mass is 16.2. The van der Waals surface area contributed by atoms with Crippen molar-refractivity contribution in [3.8, 4) is 0 Å². The Morgan fingerprint density at radius 3 is 2.44 bits per heavy atom. The molecular formula is C14H29N3O. The summed E-state index contributed by atoms with van der Waals surface area (Å²) in [6.07, 6.45) is 3.65. The van der Waals surface area contributed by atoms with Crippen LogP contribution in [0.25, 0.3) is 0 Å². The highest BCUT2D eigenvalue weighted by molar-refractivity contribution is 5.81. The van der Waals surface area contributed by atoms with Gasteiger partial charge in [0.1, 0.15) is 0 Å². The summed E-state index contributed by atoms with van der Waals surface area (Å²) < 4.78 is 0. The molecule has 4 nitrogen and oxygen atoms in total. The Morgan fingerprint density at radius 2 is 1.94 bits per heavy atom. The first kappa shape index (κ1) is 15.4. The quantitative estimate of drug-likeness (QED) is 0.802. The van der Waals surface area contributed by atoms with Crippen LogP contribution in [-0.4, -0.2) is 56.0 Å². The molecule has 0 unspecified atom stereocenters. The number of rotatable bonds is 5. The normalized spacial score (nSPS) is 18.9. The summed E-state index contributed by atoms with van der Waals surface area (Å²) >= 11 is 0. The van der Waals surface area contributed by atoms with E-state index in [1.165, 1.54) is 25.9 Å². The van der Waals surface area contributed by atoms with Gasteiger partial charge in [0.25, 0.3) is 0 Å². The standard InChI is InChI=1S/C14H29N3O/c1-14(2,11-15)13(18)17(4)10-7-12-5-8-16(3)9-6-12/h12H,5-11,15H2,1-4H3. The minimum absolute atomic E-state index is 0.165. The van der Waals surface area contributed by atoms with E-state index >= 15 is 0 Å². The molecule has 18 heavy (non-hydrogen) atoms. The lowest BCUT2D eigenvalue weighted by atomic mass is 9.90. The minimum Gasteiger partial charge on any atom is -0.345 e. The molecule has 0 radical (unpaired) electrons. The van der Waals surface area contributed by atoms with E-state index in [1.807, 2.05) is 25.8 Å². The predicted molar refractivity (Wildman–Crippen MR) is 75.3 cm³/mol. The molecule has 1 fully saturated rings. The maximum atomic E-state index is 12.2. The van der Waals surface area contributed by atoms with Crippen molar-refractivity contribution in [3.05, 3.63) is 0 Å². The fourth-order valence-corrected chi connectivity index (χ4v) is 2.43. The van der Waals surface area contributed by atoms with E-state index in [1.54, 1.807) is 0 Å². The van der Waals surface area contributed by atoms with Gasteiger partial charge < -0.3 is 15.5 Å². The molecule has 1 amide bonds. The third kappa shape index (κ3) is 4.25. The lowest BCUT2D eigenvalue weighted by molar-refractivity contribution is -0.138. The zero-order valence-electron chi connectivity index (χ0n) is 12.4. The highest BCUT2D eigenvalue weighted by Crippen LogP contribution is 2.21. The fraction of sp³-hybridized carbons (Fsp3) is 0.929. The van der Waals surface area contributed by atoms with Crippen molar-refractivity contribution in [2.45, 2.75) is 33.1 Å². The Bertz CT molecular complexity index is 270. The van der Waals surface area contributed by atoms with Crippen molar-refractivity contribution in [1.29, 1.82) is 0 Å². The topological polar surface area (TPSA) is 49.6 Å². The van der Waals surface area contributed by atoms with Gasteiger partial charge in [0.2, 0.25) is 5.91 Å². The van der Waals surface area contributed by atoms with Gasteiger partial charge in [-0.25, -0.2) is 0 Å². The second-order valence-corrected chi connectivity index (χ2v) is 6.35. The molecule has 0 saturated carbocycles. The van der Waals surface area contributed by atoms with E-state index in [0.29, 0.717) is 6.54 Å². The average molecular weight is 255 g/mol. The Balaban J connectivity index is 2.32. The Kier molecular flexibility index (Phi) is 5.60. The van der Waals surface area contributed by atoms with Gasteiger partial charge in [0, 0.05) is 20.1 Å². The third-order valence-electron chi connectivity index (χ3n) is 4.15. The van der Waals surface area contributed by atoms with Crippen LogP contribution in [0.15, 0.2) is 0 Å². The van der Waals surface area contributed by atoms with Crippen molar-refractivity contribution in [3.63, 3.8) is 0 Å². The average Bonchev–Trinajstić information content (AvgIpc) is 2.36. The Labute approximate surface area is 111 Å². The number of carbonyl (C=O) groups is 1. The molecule has 1 heterocycles. The molecule has 0 atom stereocenters. The zero-order valence-corrected chi connectivity index (χ0v) is 12.4. The summed E-state index contributed by atoms with van der Waals surface area (Å²) in [6.45, 7) is 7.48. The summed E-state index contributed by atoms with van der Waals surface area (Å²) in [5.41, 5.74) is 5.22. The monoisotopic (exact) mass is 255 g/mol. The van der Waals surface area contributed by atoms with Gasteiger partial charge in [0.15, 0.2) is 0 Å². The van der Waals surface area contributed by atoms with Gasteiger partial charge in [-0.05, 0) is 59.2 Å². The number of nitrogens with zero attached hydrogens (tertiary/aromatic N) is 2. The summed E-state index contributed by atoms with van der Waals surface area (Å²) in [4.78, 5) is 16.4. The molecule has 0 aliphatic carbocycles. The Morgan fingerprint density at radius 1 is 1.39 bits per heavy atom. The molecule has 0 spiro atoms. The summed E-state index contributed by atoms with van der Waals surface area (Å²) in [6, 6.07) is 0. The number of nitrogens with two attached hydrogens (primary N) is 1. The molecule has 1 aliphatic heterocycles. The SMILES string of the molecule is CN1CCC(CCN(C)C(=O)C(C)(C)CN)CC1. The highest BCUT2D eigenvalue weighted by Gasteiger charge is 2.29. The Hall–Kier alpha value is -0.610.